The summed E-state index contributed by atoms with van der Waals surface area (Å²) < 4.78 is 27.9. The van der Waals surface area contributed by atoms with Gasteiger partial charge in [-0.3, -0.25) is 14.5 Å². The first-order valence-corrected chi connectivity index (χ1v) is 10.8. The fourth-order valence-corrected chi connectivity index (χ4v) is 4.17. The first-order valence-electron chi connectivity index (χ1n) is 8.96. The van der Waals surface area contributed by atoms with Crippen molar-refractivity contribution >= 4 is 49.8 Å². The number of para-hydroxylation sites is 1. The zero-order valence-corrected chi connectivity index (χ0v) is 17.1. The molecule has 1 aromatic heterocycles. The zero-order chi connectivity index (χ0) is 21.1. The number of pyridine rings is 1. The number of anilines is 2. The molecule has 0 aliphatic rings. The molecule has 0 fully saturated rings. The summed E-state index contributed by atoms with van der Waals surface area (Å²) in [5.74, 6) is -0.434. The second-order valence-corrected chi connectivity index (χ2v) is 8.59. The first kappa shape index (κ1) is 19.9. The van der Waals surface area contributed by atoms with Crippen molar-refractivity contribution in [3.05, 3.63) is 95.6 Å². The molecule has 0 aliphatic heterocycles. The van der Waals surface area contributed by atoms with Crippen LogP contribution in [0.5, 0.6) is 0 Å². The molecule has 0 atom stereocenters. The fraction of sp³-hybridized carbons (Fsp3) is 0. The average Bonchev–Trinajstić information content (AvgIpc) is 2.75. The highest BCUT2D eigenvalue weighted by Crippen LogP contribution is 2.23. The largest absolute Gasteiger partial charge is 0.320 e. The highest BCUT2D eigenvalue weighted by molar-refractivity contribution is 7.92. The molecule has 2 N–H and O–H groups in total. The minimum atomic E-state index is -3.88. The van der Waals surface area contributed by atoms with Crippen LogP contribution in [0.3, 0.4) is 0 Å². The maximum Gasteiger partial charge on any atom is 0.261 e. The minimum Gasteiger partial charge on any atom is -0.320 e. The summed E-state index contributed by atoms with van der Waals surface area (Å²) in [5, 5.41) is 4.19. The van der Waals surface area contributed by atoms with Gasteiger partial charge in [-0.1, -0.05) is 35.9 Å². The number of halogens is 1. The molecule has 8 heteroatoms. The van der Waals surface area contributed by atoms with Gasteiger partial charge in [-0.25, -0.2) is 8.42 Å². The van der Waals surface area contributed by atoms with E-state index in [-0.39, 0.29) is 10.5 Å². The van der Waals surface area contributed by atoms with Crippen LogP contribution in [0.2, 0.25) is 5.02 Å². The summed E-state index contributed by atoms with van der Waals surface area (Å²) >= 11 is 5.83. The Kier molecular flexibility index (Phi) is 5.39. The monoisotopic (exact) mass is 437 g/mol. The molecule has 1 amide bonds. The van der Waals surface area contributed by atoms with Crippen molar-refractivity contribution in [3.63, 3.8) is 0 Å². The van der Waals surface area contributed by atoms with Gasteiger partial charge in [0.05, 0.1) is 16.1 Å². The van der Waals surface area contributed by atoms with Crippen LogP contribution in [0.1, 0.15) is 10.4 Å². The van der Waals surface area contributed by atoms with Crippen molar-refractivity contribution in [3.8, 4) is 0 Å². The predicted octanol–water partition coefficient (Wildman–Crippen LogP) is 4.94. The number of carbonyl (C=O) groups is 1. The highest BCUT2D eigenvalue weighted by Gasteiger charge is 2.17. The van der Waals surface area contributed by atoms with Crippen LogP contribution in [0.15, 0.2) is 90.0 Å². The highest BCUT2D eigenvalue weighted by atomic mass is 35.5. The lowest BCUT2D eigenvalue weighted by atomic mass is 10.1. The number of aromatic nitrogens is 1. The van der Waals surface area contributed by atoms with E-state index in [2.05, 4.69) is 15.0 Å². The molecule has 4 rings (SSSR count). The van der Waals surface area contributed by atoms with Crippen molar-refractivity contribution in [2.45, 2.75) is 4.90 Å². The summed E-state index contributed by atoms with van der Waals surface area (Å²) in [5.41, 5.74) is 1.78. The second-order valence-electron chi connectivity index (χ2n) is 6.48. The topological polar surface area (TPSA) is 88.2 Å². The second kappa shape index (κ2) is 8.14. The number of sulfonamides is 1. The Hall–Kier alpha value is -3.42. The van der Waals surface area contributed by atoms with Gasteiger partial charge in [0, 0.05) is 27.9 Å². The minimum absolute atomic E-state index is 0.0267. The van der Waals surface area contributed by atoms with Crippen molar-refractivity contribution < 1.29 is 13.2 Å². The Bertz CT molecular complexity index is 1330. The van der Waals surface area contributed by atoms with E-state index in [1.54, 1.807) is 42.6 Å². The molecular formula is C22H16ClN3O3S. The van der Waals surface area contributed by atoms with E-state index in [9.17, 15) is 13.2 Å². The van der Waals surface area contributed by atoms with E-state index >= 15 is 0 Å². The third-order valence-corrected chi connectivity index (χ3v) is 6.01. The van der Waals surface area contributed by atoms with Gasteiger partial charge in [-0.05, 0) is 54.6 Å². The number of hydrogen-bond donors (Lipinski definition) is 2. The van der Waals surface area contributed by atoms with Gasteiger partial charge in [-0.15, -0.1) is 0 Å². The van der Waals surface area contributed by atoms with E-state index in [0.717, 1.165) is 5.39 Å². The number of rotatable bonds is 5. The van der Waals surface area contributed by atoms with Crippen LogP contribution in [0.25, 0.3) is 10.9 Å². The molecule has 4 aromatic rings. The molecule has 3 aromatic carbocycles. The lowest BCUT2D eigenvalue weighted by Crippen LogP contribution is -2.16. The van der Waals surface area contributed by atoms with Crippen LogP contribution in [0.4, 0.5) is 11.4 Å². The third kappa shape index (κ3) is 4.27. The predicted molar refractivity (Wildman–Crippen MR) is 118 cm³/mol. The molecule has 0 aliphatic carbocycles. The van der Waals surface area contributed by atoms with Crippen molar-refractivity contribution in [2.24, 2.45) is 0 Å². The SMILES string of the molecule is O=C(Nc1cccc2cccnc12)c1cccc(S(=O)(=O)Nc2ccc(Cl)cc2)c1. The lowest BCUT2D eigenvalue weighted by molar-refractivity contribution is 0.102. The molecular weight excluding hydrogens is 422 g/mol. The van der Waals surface area contributed by atoms with Gasteiger partial charge in [0.25, 0.3) is 15.9 Å². The van der Waals surface area contributed by atoms with Crippen molar-refractivity contribution in [1.82, 2.24) is 4.98 Å². The van der Waals surface area contributed by atoms with Crippen LogP contribution < -0.4 is 10.0 Å². The summed E-state index contributed by atoms with van der Waals surface area (Å²) in [4.78, 5) is 17.0. The molecule has 0 bridgehead atoms. The van der Waals surface area contributed by atoms with E-state index in [1.165, 1.54) is 18.2 Å². The normalized spacial score (nSPS) is 11.2. The summed E-state index contributed by atoms with van der Waals surface area (Å²) in [7, 11) is -3.88. The molecule has 30 heavy (non-hydrogen) atoms. The summed E-state index contributed by atoms with van der Waals surface area (Å²) in [6.07, 6.45) is 1.65. The third-order valence-electron chi connectivity index (χ3n) is 4.38. The fourth-order valence-electron chi connectivity index (χ4n) is 2.94. The van der Waals surface area contributed by atoms with E-state index in [0.29, 0.717) is 21.9 Å². The number of benzene rings is 3. The molecule has 0 radical (unpaired) electrons. The Morgan fingerprint density at radius 2 is 1.63 bits per heavy atom. The number of amides is 1. The van der Waals surface area contributed by atoms with Crippen molar-refractivity contribution in [1.29, 1.82) is 0 Å². The smallest absolute Gasteiger partial charge is 0.261 e. The van der Waals surface area contributed by atoms with Gasteiger partial charge >= 0.3 is 0 Å². The standard InChI is InChI=1S/C22H16ClN3O3S/c23-17-9-11-18(12-10-17)26-30(28,29)19-7-1-5-16(14-19)22(27)25-20-8-2-4-15-6-3-13-24-21(15)20/h1-14,26H,(H,25,27). The Morgan fingerprint density at radius 1 is 0.900 bits per heavy atom. The van der Waals surface area contributed by atoms with E-state index in [1.807, 2.05) is 24.3 Å². The van der Waals surface area contributed by atoms with E-state index in [4.69, 9.17) is 11.6 Å². The average molecular weight is 438 g/mol. The summed E-state index contributed by atoms with van der Waals surface area (Å²) in [6, 6.07) is 21.3. The van der Waals surface area contributed by atoms with Gasteiger partial charge in [-0.2, -0.15) is 0 Å². The number of nitrogens with zero attached hydrogens (tertiary/aromatic N) is 1. The number of carbonyl (C=O) groups excluding carboxylic acids is 1. The van der Waals surface area contributed by atoms with Crippen LogP contribution in [0, 0.1) is 0 Å². The molecule has 0 spiro atoms. The van der Waals surface area contributed by atoms with Gasteiger partial charge in [0.2, 0.25) is 0 Å². The maximum absolute atomic E-state index is 12.8. The Balaban J connectivity index is 1.59. The van der Waals surface area contributed by atoms with Gasteiger partial charge < -0.3 is 5.32 Å². The Labute approximate surface area is 178 Å². The van der Waals surface area contributed by atoms with Crippen molar-refractivity contribution in [2.75, 3.05) is 10.0 Å². The number of fused-ring (bicyclic) bond motifs is 1. The van der Waals surface area contributed by atoms with E-state index < -0.39 is 15.9 Å². The quantitative estimate of drug-likeness (QED) is 0.462. The van der Waals surface area contributed by atoms with Crippen LogP contribution in [-0.4, -0.2) is 19.3 Å². The molecule has 0 saturated carbocycles. The number of nitrogens with one attached hydrogen (secondary N) is 2. The molecule has 6 nitrogen and oxygen atoms in total. The van der Waals surface area contributed by atoms with Crippen LogP contribution in [-0.2, 0) is 10.0 Å². The maximum atomic E-state index is 12.8. The summed E-state index contributed by atoms with van der Waals surface area (Å²) in [6.45, 7) is 0. The lowest BCUT2D eigenvalue weighted by Gasteiger charge is -2.11. The molecule has 1 heterocycles. The molecule has 0 unspecified atom stereocenters. The molecule has 150 valence electrons. The Morgan fingerprint density at radius 3 is 2.43 bits per heavy atom. The van der Waals surface area contributed by atoms with Crippen LogP contribution >= 0.6 is 11.6 Å². The van der Waals surface area contributed by atoms with Gasteiger partial charge in [0.1, 0.15) is 0 Å². The molecule has 0 saturated heterocycles. The van der Waals surface area contributed by atoms with Gasteiger partial charge in [0.15, 0.2) is 0 Å². The zero-order valence-electron chi connectivity index (χ0n) is 15.5. The number of hydrogen-bond acceptors (Lipinski definition) is 4. The first-order chi connectivity index (χ1) is 14.4.